The Morgan fingerprint density at radius 3 is 2.47 bits per heavy atom. The van der Waals surface area contributed by atoms with E-state index in [9.17, 15) is 0 Å². The Morgan fingerprint density at radius 2 is 1.80 bits per heavy atom. The molecule has 1 aliphatic rings. The van der Waals surface area contributed by atoms with Gasteiger partial charge in [-0.2, -0.15) is 0 Å². The minimum Gasteiger partial charge on any atom is -0.379 e. The van der Waals surface area contributed by atoms with E-state index in [4.69, 9.17) is 16.3 Å². The fourth-order valence-electron chi connectivity index (χ4n) is 1.21. The lowest BCUT2D eigenvalue weighted by atomic mass is 10.4. The smallest absolute Gasteiger partial charge is 0.0603 e. The first kappa shape index (κ1) is 11.6. The number of hydrogen-bond donors (Lipinski definition) is 0. The highest BCUT2D eigenvalue weighted by Crippen LogP contribution is 2.34. The maximum absolute atomic E-state index is 5.82. The Labute approximate surface area is 103 Å². The topological polar surface area (TPSA) is 12.5 Å². The molecule has 1 fully saturated rings. The molecule has 1 aromatic carbocycles. The molecule has 0 spiro atoms. The molecule has 0 aromatic heterocycles. The number of nitrogens with zero attached hydrogens (tertiary/aromatic N) is 1. The van der Waals surface area contributed by atoms with E-state index in [1.165, 1.54) is 4.90 Å². The monoisotopic (exact) mass is 261 g/mol. The quantitative estimate of drug-likeness (QED) is 0.611. The highest BCUT2D eigenvalue weighted by atomic mass is 35.5. The van der Waals surface area contributed by atoms with E-state index < -0.39 is 0 Å². The molecule has 0 atom stereocenters. The van der Waals surface area contributed by atoms with Crippen molar-refractivity contribution in [3.05, 3.63) is 29.3 Å². The molecule has 1 heterocycles. The van der Waals surface area contributed by atoms with Crippen LogP contribution in [0.25, 0.3) is 0 Å². The van der Waals surface area contributed by atoms with Gasteiger partial charge in [-0.1, -0.05) is 11.6 Å². The van der Waals surface area contributed by atoms with Crippen LogP contribution in [-0.2, 0) is 4.74 Å². The van der Waals surface area contributed by atoms with Gasteiger partial charge in [-0.15, -0.1) is 0 Å². The standard InChI is InChI=1S/C10H12ClNOS2/c11-9-1-3-10(4-2-9)14-15-12-5-7-13-8-6-12/h1-4H,5-8H2. The lowest BCUT2D eigenvalue weighted by Crippen LogP contribution is -2.30. The zero-order chi connectivity index (χ0) is 10.5. The van der Waals surface area contributed by atoms with Crippen LogP contribution in [0.15, 0.2) is 29.2 Å². The predicted molar refractivity (Wildman–Crippen MR) is 67.3 cm³/mol. The van der Waals surface area contributed by atoms with Crippen LogP contribution < -0.4 is 0 Å². The maximum atomic E-state index is 5.82. The van der Waals surface area contributed by atoms with E-state index in [0.29, 0.717) is 0 Å². The molecule has 2 rings (SSSR count). The molecule has 0 N–H and O–H groups in total. The van der Waals surface area contributed by atoms with Crippen LogP contribution in [0.3, 0.4) is 0 Å². The van der Waals surface area contributed by atoms with Crippen LogP contribution in [0.5, 0.6) is 0 Å². The Hall–Kier alpha value is 0.130. The Balaban J connectivity index is 1.79. The first-order chi connectivity index (χ1) is 7.34. The van der Waals surface area contributed by atoms with E-state index in [1.54, 1.807) is 21.8 Å². The zero-order valence-electron chi connectivity index (χ0n) is 8.19. The number of hydrogen-bond acceptors (Lipinski definition) is 4. The fraction of sp³-hybridized carbons (Fsp3) is 0.400. The molecule has 1 aromatic rings. The molecule has 2 nitrogen and oxygen atoms in total. The molecule has 82 valence electrons. The van der Waals surface area contributed by atoms with Crippen molar-refractivity contribution in [2.45, 2.75) is 4.90 Å². The van der Waals surface area contributed by atoms with Crippen LogP contribution in [0.2, 0.25) is 5.02 Å². The summed E-state index contributed by atoms with van der Waals surface area (Å²) in [6, 6.07) is 7.93. The molecule has 0 unspecified atom stereocenters. The fourth-order valence-corrected chi connectivity index (χ4v) is 3.42. The average molecular weight is 262 g/mol. The molecule has 0 saturated carbocycles. The largest absolute Gasteiger partial charge is 0.379 e. The molecule has 15 heavy (non-hydrogen) atoms. The minimum absolute atomic E-state index is 0.788. The van der Waals surface area contributed by atoms with E-state index in [0.717, 1.165) is 31.3 Å². The van der Waals surface area contributed by atoms with Gasteiger partial charge in [0.1, 0.15) is 0 Å². The summed E-state index contributed by atoms with van der Waals surface area (Å²) in [4.78, 5) is 1.23. The van der Waals surface area contributed by atoms with E-state index in [2.05, 4.69) is 4.31 Å². The van der Waals surface area contributed by atoms with Crippen LogP contribution in [-0.4, -0.2) is 30.6 Å². The lowest BCUT2D eigenvalue weighted by Gasteiger charge is -2.24. The van der Waals surface area contributed by atoms with Gasteiger partial charge in [0.15, 0.2) is 0 Å². The molecule has 1 aliphatic heterocycles. The molecule has 0 radical (unpaired) electrons. The highest BCUT2D eigenvalue weighted by Gasteiger charge is 2.11. The van der Waals surface area contributed by atoms with E-state index in [1.807, 2.05) is 24.3 Å². The first-order valence-electron chi connectivity index (χ1n) is 4.77. The summed E-state index contributed by atoms with van der Waals surface area (Å²) >= 11 is 5.82. The Morgan fingerprint density at radius 1 is 1.13 bits per heavy atom. The van der Waals surface area contributed by atoms with Crippen molar-refractivity contribution in [3.63, 3.8) is 0 Å². The summed E-state index contributed by atoms with van der Waals surface area (Å²) in [6.45, 7) is 3.69. The third kappa shape index (κ3) is 3.89. The second-order valence-corrected chi connectivity index (χ2v) is 5.84. The Bertz CT molecular complexity index is 301. The van der Waals surface area contributed by atoms with Crippen LogP contribution >= 0.6 is 33.4 Å². The summed E-state index contributed by atoms with van der Waals surface area (Å²) in [6.07, 6.45) is 0. The van der Waals surface area contributed by atoms with Crippen molar-refractivity contribution in [2.75, 3.05) is 26.3 Å². The van der Waals surface area contributed by atoms with Crippen molar-refractivity contribution in [3.8, 4) is 0 Å². The maximum Gasteiger partial charge on any atom is 0.0603 e. The molecular weight excluding hydrogens is 250 g/mol. The van der Waals surface area contributed by atoms with E-state index >= 15 is 0 Å². The van der Waals surface area contributed by atoms with Gasteiger partial charge in [0, 0.05) is 23.0 Å². The first-order valence-corrected chi connectivity index (χ1v) is 7.26. The highest BCUT2D eigenvalue weighted by molar-refractivity contribution is 8.75. The second-order valence-electron chi connectivity index (χ2n) is 3.15. The van der Waals surface area contributed by atoms with E-state index in [-0.39, 0.29) is 0 Å². The molecule has 5 heteroatoms. The summed E-state index contributed by atoms with van der Waals surface area (Å²) in [7, 11) is 3.55. The molecule has 0 aliphatic carbocycles. The average Bonchev–Trinajstić information content (AvgIpc) is 2.30. The van der Waals surface area contributed by atoms with Crippen LogP contribution in [0, 0.1) is 0 Å². The van der Waals surface area contributed by atoms with Crippen molar-refractivity contribution in [1.82, 2.24) is 4.31 Å². The molecule has 0 bridgehead atoms. The predicted octanol–water partition coefficient (Wildman–Crippen LogP) is 3.33. The summed E-state index contributed by atoms with van der Waals surface area (Å²) in [5, 5.41) is 0.788. The van der Waals surface area contributed by atoms with Crippen molar-refractivity contribution >= 4 is 33.4 Å². The molecule has 1 saturated heterocycles. The SMILES string of the molecule is Clc1ccc(SSN2CCOCC2)cc1. The van der Waals surface area contributed by atoms with Gasteiger partial charge >= 0.3 is 0 Å². The van der Waals surface area contributed by atoms with Gasteiger partial charge < -0.3 is 4.74 Å². The zero-order valence-corrected chi connectivity index (χ0v) is 10.6. The summed E-state index contributed by atoms with van der Waals surface area (Å²) in [5.41, 5.74) is 0. The van der Waals surface area contributed by atoms with Gasteiger partial charge in [0.25, 0.3) is 0 Å². The van der Waals surface area contributed by atoms with Crippen molar-refractivity contribution in [1.29, 1.82) is 0 Å². The summed E-state index contributed by atoms with van der Waals surface area (Å²) < 4.78 is 7.61. The van der Waals surface area contributed by atoms with Crippen LogP contribution in [0.1, 0.15) is 0 Å². The number of rotatable bonds is 3. The number of benzene rings is 1. The third-order valence-corrected chi connectivity index (χ3v) is 4.82. The Kier molecular flexibility index (Phi) is 4.65. The van der Waals surface area contributed by atoms with Crippen molar-refractivity contribution < 1.29 is 4.74 Å². The second kappa shape index (κ2) is 6.01. The van der Waals surface area contributed by atoms with Gasteiger partial charge in [-0.3, -0.25) is 0 Å². The summed E-state index contributed by atoms with van der Waals surface area (Å²) in [5.74, 6) is 0. The van der Waals surface area contributed by atoms with Gasteiger partial charge in [-0.25, -0.2) is 4.31 Å². The number of halogens is 1. The third-order valence-electron chi connectivity index (χ3n) is 2.02. The normalized spacial score (nSPS) is 17.9. The number of ether oxygens (including phenoxy) is 1. The van der Waals surface area contributed by atoms with Crippen LogP contribution in [0.4, 0.5) is 0 Å². The molecular formula is C10H12ClNOS2. The molecule has 0 amide bonds. The van der Waals surface area contributed by atoms with Gasteiger partial charge in [-0.05, 0) is 46.0 Å². The van der Waals surface area contributed by atoms with Crippen molar-refractivity contribution in [2.24, 2.45) is 0 Å². The van der Waals surface area contributed by atoms with Gasteiger partial charge in [0.2, 0.25) is 0 Å². The van der Waals surface area contributed by atoms with Gasteiger partial charge in [0.05, 0.1) is 13.2 Å². The minimum atomic E-state index is 0.788. The lowest BCUT2D eigenvalue weighted by molar-refractivity contribution is 0.0779. The number of morpholine rings is 1.